The van der Waals surface area contributed by atoms with Gasteiger partial charge in [-0.15, -0.1) is 0 Å². The fourth-order valence-electron chi connectivity index (χ4n) is 1.50. The number of carbonyl (C=O) groups is 1. The van der Waals surface area contributed by atoms with Crippen LogP contribution in [-0.2, 0) is 4.79 Å². The highest BCUT2D eigenvalue weighted by molar-refractivity contribution is 6.36. The highest BCUT2D eigenvalue weighted by Gasteiger charge is 2.24. The van der Waals surface area contributed by atoms with Gasteiger partial charge in [0.25, 0.3) is 0 Å². The maximum atomic E-state index is 11.3. The van der Waals surface area contributed by atoms with Crippen LogP contribution in [0.5, 0.6) is 11.5 Å². The van der Waals surface area contributed by atoms with E-state index in [0.29, 0.717) is 10.0 Å². The van der Waals surface area contributed by atoms with Crippen LogP contribution in [0.25, 0.3) is 0 Å². The molecule has 1 N–H and O–H groups in total. The van der Waals surface area contributed by atoms with Gasteiger partial charge in [0.2, 0.25) is 0 Å². The third-order valence-electron chi connectivity index (χ3n) is 2.46. The first-order valence-corrected chi connectivity index (χ1v) is 7.34. The molecule has 2 aromatic carbocycles. The molecular weight excluding hydrogens is 374 g/mol. The van der Waals surface area contributed by atoms with Crippen molar-refractivity contribution in [3.05, 3.63) is 56.5 Å². The third-order valence-corrected chi connectivity index (χ3v) is 3.52. The first-order valence-electron chi connectivity index (χ1n) is 5.83. The molecule has 0 amide bonds. The number of hydrogen-bond donors (Lipinski definition) is 1. The fraction of sp³-hybridized carbons (Fsp3) is 0.0714. The lowest BCUT2D eigenvalue weighted by atomic mass is 10.3. The number of halogens is 4. The van der Waals surface area contributed by atoms with Crippen LogP contribution < -0.4 is 9.47 Å². The highest BCUT2D eigenvalue weighted by Crippen LogP contribution is 2.31. The smallest absolute Gasteiger partial charge is 0.387 e. The third kappa shape index (κ3) is 4.34. The van der Waals surface area contributed by atoms with Gasteiger partial charge in [0.05, 0.1) is 10.0 Å². The van der Waals surface area contributed by atoms with Gasteiger partial charge in [-0.1, -0.05) is 46.4 Å². The summed E-state index contributed by atoms with van der Waals surface area (Å²) < 4.78 is 10.5. The van der Waals surface area contributed by atoms with E-state index in [9.17, 15) is 9.90 Å². The Morgan fingerprint density at radius 2 is 1.27 bits per heavy atom. The Labute approximate surface area is 146 Å². The molecular formula is C14H8Cl4O4. The molecule has 0 aliphatic rings. The predicted octanol–water partition coefficient (Wildman–Crippen LogP) is 5.17. The quantitative estimate of drug-likeness (QED) is 0.726. The molecule has 2 rings (SSSR count). The summed E-state index contributed by atoms with van der Waals surface area (Å²) in [4.78, 5) is 11.3. The zero-order valence-electron chi connectivity index (χ0n) is 10.7. The predicted molar refractivity (Wildman–Crippen MR) is 85.6 cm³/mol. The van der Waals surface area contributed by atoms with Crippen molar-refractivity contribution < 1.29 is 19.4 Å². The van der Waals surface area contributed by atoms with Crippen molar-refractivity contribution in [1.29, 1.82) is 0 Å². The Kier molecular flexibility index (Phi) is 5.64. The molecule has 0 unspecified atom stereocenters. The number of carboxylic acid groups (broad SMARTS) is 1. The van der Waals surface area contributed by atoms with Crippen LogP contribution in [0.3, 0.4) is 0 Å². The molecule has 0 radical (unpaired) electrons. The summed E-state index contributed by atoms with van der Waals surface area (Å²) in [5.41, 5.74) is 0. The Hall–Kier alpha value is -1.33. The second-order valence-electron chi connectivity index (χ2n) is 4.06. The average molecular weight is 382 g/mol. The molecule has 0 spiro atoms. The summed E-state index contributed by atoms with van der Waals surface area (Å²) >= 11 is 23.4. The van der Waals surface area contributed by atoms with E-state index in [-0.39, 0.29) is 21.5 Å². The van der Waals surface area contributed by atoms with Crippen molar-refractivity contribution >= 4 is 52.4 Å². The molecule has 0 heterocycles. The first-order chi connectivity index (χ1) is 10.4. The number of aliphatic carboxylic acids is 1. The minimum Gasteiger partial charge on any atom is -0.476 e. The summed E-state index contributed by atoms with van der Waals surface area (Å²) in [6.07, 6.45) is -1.64. The monoisotopic (exact) mass is 380 g/mol. The van der Waals surface area contributed by atoms with Gasteiger partial charge in [-0.3, -0.25) is 0 Å². The van der Waals surface area contributed by atoms with Gasteiger partial charge in [0.1, 0.15) is 11.5 Å². The molecule has 0 aromatic heterocycles. The standard InChI is InChI=1S/C14H8Cl4O4/c15-7-1-3-11(9(17)5-7)21-14(13(19)20)22-12-4-2-8(16)6-10(12)18/h1-6,14H,(H,19,20). The molecule has 116 valence electrons. The number of benzene rings is 2. The molecule has 0 saturated carbocycles. The number of rotatable bonds is 5. The Bertz CT molecular complexity index is 652. The van der Waals surface area contributed by atoms with E-state index in [1.165, 1.54) is 36.4 Å². The SMILES string of the molecule is O=C(O)C(Oc1ccc(Cl)cc1Cl)Oc1ccc(Cl)cc1Cl. The second-order valence-corrected chi connectivity index (χ2v) is 5.74. The normalized spacial score (nSPS) is 10.6. The van der Waals surface area contributed by atoms with Crippen molar-refractivity contribution in [3.63, 3.8) is 0 Å². The molecule has 0 aliphatic heterocycles. The Balaban J connectivity index is 2.21. The summed E-state index contributed by atoms with van der Waals surface area (Å²) in [6.45, 7) is 0. The van der Waals surface area contributed by atoms with E-state index >= 15 is 0 Å². The van der Waals surface area contributed by atoms with Crippen LogP contribution in [0.15, 0.2) is 36.4 Å². The van der Waals surface area contributed by atoms with Crippen LogP contribution in [-0.4, -0.2) is 17.4 Å². The molecule has 0 saturated heterocycles. The van der Waals surface area contributed by atoms with Gasteiger partial charge in [-0.2, -0.15) is 0 Å². The fourth-order valence-corrected chi connectivity index (χ4v) is 2.40. The lowest BCUT2D eigenvalue weighted by Gasteiger charge is -2.18. The summed E-state index contributed by atoms with van der Waals surface area (Å²) in [6, 6.07) is 8.74. The number of hydrogen-bond acceptors (Lipinski definition) is 3. The minimum absolute atomic E-state index is 0.114. The van der Waals surface area contributed by atoms with Gasteiger partial charge in [0, 0.05) is 10.0 Å². The van der Waals surface area contributed by atoms with E-state index in [4.69, 9.17) is 55.9 Å². The molecule has 2 aromatic rings. The van der Waals surface area contributed by atoms with Crippen molar-refractivity contribution in [2.24, 2.45) is 0 Å². The molecule has 22 heavy (non-hydrogen) atoms. The van der Waals surface area contributed by atoms with Crippen molar-refractivity contribution in [3.8, 4) is 11.5 Å². The number of ether oxygens (including phenoxy) is 2. The van der Waals surface area contributed by atoms with Crippen LogP contribution in [0.4, 0.5) is 0 Å². The van der Waals surface area contributed by atoms with Crippen molar-refractivity contribution in [1.82, 2.24) is 0 Å². The second kappa shape index (κ2) is 7.29. The van der Waals surface area contributed by atoms with Gasteiger partial charge < -0.3 is 14.6 Å². The minimum atomic E-state index is -1.64. The first kappa shape index (κ1) is 17.0. The molecule has 0 fully saturated rings. The van der Waals surface area contributed by atoms with E-state index in [0.717, 1.165) is 0 Å². The van der Waals surface area contributed by atoms with Gasteiger partial charge in [-0.25, -0.2) is 4.79 Å². The van der Waals surface area contributed by atoms with Crippen LogP contribution in [0.2, 0.25) is 20.1 Å². The maximum Gasteiger partial charge on any atom is 0.387 e. The molecule has 0 atom stereocenters. The van der Waals surface area contributed by atoms with E-state index < -0.39 is 12.3 Å². The Morgan fingerprint density at radius 3 is 1.59 bits per heavy atom. The molecule has 0 aliphatic carbocycles. The molecule has 0 bridgehead atoms. The molecule has 8 heteroatoms. The zero-order valence-corrected chi connectivity index (χ0v) is 13.7. The summed E-state index contributed by atoms with van der Waals surface area (Å²) in [5, 5.41) is 10.3. The number of carboxylic acids is 1. The largest absolute Gasteiger partial charge is 0.476 e. The Morgan fingerprint density at radius 1 is 0.864 bits per heavy atom. The van der Waals surface area contributed by atoms with Crippen LogP contribution in [0.1, 0.15) is 0 Å². The lowest BCUT2D eigenvalue weighted by Crippen LogP contribution is -2.33. The average Bonchev–Trinajstić information content (AvgIpc) is 2.43. The van der Waals surface area contributed by atoms with Gasteiger partial charge in [-0.05, 0) is 36.4 Å². The molecule has 4 nitrogen and oxygen atoms in total. The van der Waals surface area contributed by atoms with E-state index in [1.807, 2.05) is 0 Å². The van der Waals surface area contributed by atoms with Crippen molar-refractivity contribution in [2.45, 2.75) is 6.29 Å². The van der Waals surface area contributed by atoms with Crippen molar-refractivity contribution in [2.75, 3.05) is 0 Å². The van der Waals surface area contributed by atoms with Gasteiger partial charge >= 0.3 is 12.3 Å². The van der Waals surface area contributed by atoms with Gasteiger partial charge in [0.15, 0.2) is 0 Å². The highest BCUT2D eigenvalue weighted by atomic mass is 35.5. The summed E-state index contributed by atoms with van der Waals surface area (Å²) in [5.74, 6) is -1.12. The van der Waals surface area contributed by atoms with Crippen LogP contribution >= 0.6 is 46.4 Å². The zero-order chi connectivity index (χ0) is 16.3. The lowest BCUT2D eigenvalue weighted by molar-refractivity contribution is -0.158. The topological polar surface area (TPSA) is 55.8 Å². The van der Waals surface area contributed by atoms with E-state index in [2.05, 4.69) is 0 Å². The summed E-state index contributed by atoms with van der Waals surface area (Å²) in [7, 11) is 0. The van der Waals surface area contributed by atoms with Crippen LogP contribution in [0, 0.1) is 0 Å². The van der Waals surface area contributed by atoms with E-state index in [1.54, 1.807) is 0 Å². The maximum absolute atomic E-state index is 11.3.